The number of amides is 1. The Hall–Kier alpha value is -1.90. The summed E-state index contributed by atoms with van der Waals surface area (Å²) in [6.07, 6.45) is 3.13. The van der Waals surface area contributed by atoms with Crippen molar-refractivity contribution in [1.82, 2.24) is 14.7 Å². The van der Waals surface area contributed by atoms with Crippen molar-refractivity contribution in [2.24, 2.45) is 0 Å². The standard InChI is InChI=1S/C12H11ClN4O3S/c13-9-3-10-7(2-12(18)17-10)1-11(9)21(19,20)16-5-8-4-14-6-15-8/h1,3-4,6,16H,2,5H2,(H,14,15)(H,17,18). The molecule has 0 unspecified atom stereocenters. The molecule has 0 atom stereocenters. The lowest BCUT2D eigenvalue weighted by Gasteiger charge is -2.09. The number of benzene rings is 1. The predicted octanol–water partition coefficient (Wildman–Crippen LogP) is 1.04. The first-order valence-corrected chi connectivity index (χ1v) is 7.91. The lowest BCUT2D eigenvalue weighted by molar-refractivity contribution is -0.115. The van der Waals surface area contributed by atoms with Crippen molar-refractivity contribution in [1.29, 1.82) is 0 Å². The summed E-state index contributed by atoms with van der Waals surface area (Å²) >= 11 is 6.01. The van der Waals surface area contributed by atoms with Crippen LogP contribution in [0.2, 0.25) is 5.02 Å². The highest BCUT2D eigenvalue weighted by Gasteiger charge is 2.25. The van der Waals surface area contributed by atoms with E-state index in [0.717, 1.165) is 0 Å². The van der Waals surface area contributed by atoms with Crippen molar-refractivity contribution >= 4 is 33.2 Å². The molecule has 1 amide bonds. The van der Waals surface area contributed by atoms with Crippen LogP contribution in [0.1, 0.15) is 11.3 Å². The van der Waals surface area contributed by atoms with Crippen LogP contribution < -0.4 is 10.0 Å². The van der Waals surface area contributed by atoms with E-state index in [9.17, 15) is 13.2 Å². The minimum Gasteiger partial charge on any atom is -0.347 e. The molecule has 0 bridgehead atoms. The van der Waals surface area contributed by atoms with Crippen LogP contribution >= 0.6 is 11.6 Å². The van der Waals surface area contributed by atoms with Crippen molar-refractivity contribution < 1.29 is 13.2 Å². The van der Waals surface area contributed by atoms with Crippen LogP contribution in [0.5, 0.6) is 0 Å². The molecule has 2 aromatic rings. The Morgan fingerprint density at radius 3 is 2.90 bits per heavy atom. The molecule has 0 spiro atoms. The molecule has 0 aliphatic carbocycles. The average Bonchev–Trinajstić information content (AvgIpc) is 3.03. The number of carbonyl (C=O) groups is 1. The SMILES string of the molecule is O=C1Cc2cc(S(=O)(=O)NCc3cnc[nH]3)c(Cl)cc2N1. The predicted molar refractivity (Wildman–Crippen MR) is 76.4 cm³/mol. The number of nitrogens with zero attached hydrogens (tertiary/aromatic N) is 1. The number of H-pyrrole nitrogens is 1. The summed E-state index contributed by atoms with van der Waals surface area (Å²) in [5, 5.41) is 2.68. The number of fused-ring (bicyclic) bond motifs is 1. The topological polar surface area (TPSA) is 104 Å². The molecular formula is C12H11ClN4O3S. The van der Waals surface area contributed by atoms with Gasteiger partial charge in [0.1, 0.15) is 4.90 Å². The molecule has 1 aliphatic heterocycles. The molecule has 0 radical (unpaired) electrons. The van der Waals surface area contributed by atoms with Gasteiger partial charge in [-0.3, -0.25) is 4.79 Å². The molecule has 2 heterocycles. The van der Waals surface area contributed by atoms with Crippen LogP contribution in [0, 0.1) is 0 Å². The second kappa shape index (κ2) is 5.14. The first-order chi connectivity index (χ1) is 9.95. The molecule has 1 aromatic carbocycles. The molecule has 9 heteroatoms. The Labute approximate surface area is 125 Å². The number of hydrogen-bond donors (Lipinski definition) is 3. The molecule has 110 valence electrons. The highest BCUT2D eigenvalue weighted by molar-refractivity contribution is 7.89. The quantitative estimate of drug-likeness (QED) is 0.780. The number of halogens is 1. The number of nitrogens with one attached hydrogen (secondary N) is 3. The van der Waals surface area contributed by atoms with Gasteiger partial charge in [0.2, 0.25) is 15.9 Å². The second-order valence-electron chi connectivity index (χ2n) is 4.57. The first-order valence-electron chi connectivity index (χ1n) is 6.05. The van der Waals surface area contributed by atoms with Crippen molar-refractivity contribution in [3.05, 3.63) is 40.9 Å². The van der Waals surface area contributed by atoms with Gasteiger partial charge in [0.25, 0.3) is 0 Å². The van der Waals surface area contributed by atoms with E-state index in [1.807, 2.05) is 0 Å². The Morgan fingerprint density at radius 2 is 2.19 bits per heavy atom. The molecule has 7 nitrogen and oxygen atoms in total. The van der Waals surface area contributed by atoms with Crippen LogP contribution in [0.25, 0.3) is 0 Å². The van der Waals surface area contributed by atoms with E-state index in [1.54, 1.807) is 0 Å². The number of hydrogen-bond acceptors (Lipinski definition) is 4. The van der Waals surface area contributed by atoms with Crippen molar-refractivity contribution in [2.75, 3.05) is 5.32 Å². The molecule has 3 rings (SSSR count). The second-order valence-corrected chi connectivity index (χ2v) is 6.71. The smallest absolute Gasteiger partial charge is 0.242 e. The molecule has 0 fully saturated rings. The summed E-state index contributed by atoms with van der Waals surface area (Å²) < 4.78 is 27.0. The van der Waals surface area contributed by atoms with Gasteiger partial charge in [0.05, 0.1) is 24.3 Å². The number of aromatic amines is 1. The number of anilines is 1. The van der Waals surface area contributed by atoms with E-state index in [4.69, 9.17) is 11.6 Å². The molecule has 1 aliphatic rings. The van der Waals surface area contributed by atoms with Crippen molar-refractivity contribution in [2.45, 2.75) is 17.9 Å². The molecular weight excluding hydrogens is 316 g/mol. The van der Waals surface area contributed by atoms with Crippen LogP contribution in [-0.2, 0) is 27.8 Å². The van der Waals surface area contributed by atoms with Gasteiger partial charge in [0.15, 0.2) is 0 Å². The Bertz CT molecular complexity index is 802. The Kier molecular flexibility index (Phi) is 3.44. The lowest BCUT2D eigenvalue weighted by atomic mass is 10.2. The number of imidazole rings is 1. The maximum atomic E-state index is 12.3. The summed E-state index contributed by atoms with van der Waals surface area (Å²) in [4.78, 5) is 17.9. The maximum Gasteiger partial charge on any atom is 0.242 e. The third-order valence-electron chi connectivity index (χ3n) is 3.08. The fraction of sp³-hybridized carbons (Fsp3) is 0.167. The van der Waals surface area contributed by atoms with E-state index in [0.29, 0.717) is 16.9 Å². The monoisotopic (exact) mass is 326 g/mol. The number of sulfonamides is 1. The average molecular weight is 327 g/mol. The van der Waals surface area contributed by atoms with Gasteiger partial charge in [-0.1, -0.05) is 11.6 Å². The minimum absolute atomic E-state index is 0.0427. The van der Waals surface area contributed by atoms with Crippen LogP contribution in [0.4, 0.5) is 5.69 Å². The minimum atomic E-state index is -3.77. The molecule has 0 saturated heterocycles. The third kappa shape index (κ3) is 2.78. The zero-order valence-electron chi connectivity index (χ0n) is 10.7. The molecule has 3 N–H and O–H groups in total. The summed E-state index contributed by atoms with van der Waals surface area (Å²) in [6.45, 7) is 0.0763. The molecule has 1 aromatic heterocycles. The number of rotatable bonds is 4. The highest BCUT2D eigenvalue weighted by atomic mass is 35.5. The zero-order valence-corrected chi connectivity index (χ0v) is 12.3. The van der Waals surface area contributed by atoms with Crippen LogP contribution in [0.3, 0.4) is 0 Å². The van der Waals surface area contributed by atoms with Gasteiger partial charge >= 0.3 is 0 Å². The van der Waals surface area contributed by atoms with Gasteiger partial charge < -0.3 is 10.3 Å². The van der Waals surface area contributed by atoms with E-state index in [1.165, 1.54) is 24.7 Å². The third-order valence-corrected chi connectivity index (χ3v) is 4.95. The summed E-state index contributed by atoms with van der Waals surface area (Å²) in [6, 6.07) is 2.87. The Balaban J connectivity index is 1.89. The van der Waals surface area contributed by atoms with Gasteiger partial charge in [0, 0.05) is 17.6 Å². The summed E-state index contributed by atoms with van der Waals surface area (Å²) in [5.74, 6) is -0.180. The van der Waals surface area contributed by atoms with E-state index in [-0.39, 0.29) is 28.8 Å². The van der Waals surface area contributed by atoms with E-state index in [2.05, 4.69) is 20.0 Å². The summed E-state index contributed by atoms with van der Waals surface area (Å²) in [5.41, 5.74) is 1.80. The highest BCUT2D eigenvalue weighted by Crippen LogP contribution is 2.32. The molecule has 0 saturated carbocycles. The van der Waals surface area contributed by atoms with Gasteiger partial charge in [-0.05, 0) is 17.7 Å². The normalized spacial score (nSPS) is 14.0. The van der Waals surface area contributed by atoms with Crippen molar-refractivity contribution in [3.8, 4) is 0 Å². The van der Waals surface area contributed by atoms with E-state index < -0.39 is 10.0 Å². The number of aromatic nitrogens is 2. The molecule has 21 heavy (non-hydrogen) atoms. The number of carbonyl (C=O) groups excluding carboxylic acids is 1. The van der Waals surface area contributed by atoms with Gasteiger partial charge in [-0.15, -0.1) is 0 Å². The van der Waals surface area contributed by atoms with E-state index >= 15 is 0 Å². The summed E-state index contributed by atoms with van der Waals surface area (Å²) in [7, 11) is -3.77. The van der Waals surface area contributed by atoms with Gasteiger partial charge in [-0.2, -0.15) is 0 Å². The fourth-order valence-corrected chi connectivity index (χ4v) is 3.65. The first kappa shape index (κ1) is 14.1. The van der Waals surface area contributed by atoms with Gasteiger partial charge in [-0.25, -0.2) is 18.1 Å². The maximum absolute atomic E-state index is 12.3. The Morgan fingerprint density at radius 1 is 1.38 bits per heavy atom. The van der Waals surface area contributed by atoms with Crippen LogP contribution in [0.15, 0.2) is 29.6 Å². The van der Waals surface area contributed by atoms with Crippen molar-refractivity contribution in [3.63, 3.8) is 0 Å². The lowest BCUT2D eigenvalue weighted by Crippen LogP contribution is -2.23. The zero-order chi connectivity index (χ0) is 15.0. The largest absolute Gasteiger partial charge is 0.347 e. The fourth-order valence-electron chi connectivity index (χ4n) is 2.06. The van der Waals surface area contributed by atoms with Crippen LogP contribution in [-0.4, -0.2) is 24.3 Å².